The van der Waals surface area contributed by atoms with Gasteiger partial charge in [0.05, 0.1) is 6.54 Å². The maximum absolute atomic E-state index is 5.30. The number of hydrogen-bond donors (Lipinski definition) is 1. The van der Waals surface area contributed by atoms with Gasteiger partial charge in [-0.3, -0.25) is 9.88 Å². The van der Waals surface area contributed by atoms with E-state index in [1.54, 1.807) is 12.4 Å². The Hall–Kier alpha value is -1.31. The van der Waals surface area contributed by atoms with Crippen LogP contribution < -0.4 is 5.32 Å². The van der Waals surface area contributed by atoms with Crippen LogP contribution in [0.2, 0.25) is 0 Å². The van der Waals surface area contributed by atoms with Gasteiger partial charge in [0.15, 0.2) is 0 Å². The van der Waals surface area contributed by atoms with Crippen LogP contribution in [0.3, 0.4) is 0 Å². The molecule has 0 saturated carbocycles. The number of piperazine rings is 1. The van der Waals surface area contributed by atoms with Crippen molar-refractivity contribution < 1.29 is 4.52 Å². The summed E-state index contributed by atoms with van der Waals surface area (Å²) in [6.07, 6.45) is 3.45. The largest absolute Gasteiger partial charge is 0.338 e. The van der Waals surface area contributed by atoms with Crippen LogP contribution in [0, 0.1) is 0 Å². The molecule has 0 amide bonds. The quantitative estimate of drug-likeness (QED) is 0.918. The van der Waals surface area contributed by atoms with E-state index in [0.717, 1.165) is 36.2 Å². The van der Waals surface area contributed by atoms with E-state index in [9.17, 15) is 0 Å². The Morgan fingerprint density at radius 1 is 1.32 bits per heavy atom. The van der Waals surface area contributed by atoms with Gasteiger partial charge in [-0.05, 0) is 22.0 Å². The minimum atomic E-state index is 0.582. The van der Waals surface area contributed by atoms with E-state index >= 15 is 0 Å². The molecule has 3 heterocycles. The molecule has 3 rings (SSSR count). The highest BCUT2D eigenvalue weighted by Crippen LogP contribution is 2.19. The van der Waals surface area contributed by atoms with Crippen LogP contribution in [-0.2, 0) is 6.54 Å². The summed E-state index contributed by atoms with van der Waals surface area (Å²) < 4.78 is 6.20. The molecule has 2 aromatic rings. The SMILES string of the molecule is Brc1cncc(-c2noc(CN3CCNCC3)n2)c1. The van der Waals surface area contributed by atoms with Crippen LogP contribution in [-0.4, -0.2) is 46.2 Å². The Kier molecular flexibility index (Phi) is 3.86. The molecule has 6 nitrogen and oxygen atoms in total. The number of hydrogen-bond acceptors (Lipinski definition) is 6. The minimum Gasteiger partial charge on any atom is -0.338 e. The Balaban J connectivity index is 1.72. The molecule has 1 N–H and O–H groups in total. The minimum absolute atomic E-state index is 0.582. The van der Waals surface area contributed by atoms with Crippen LogP contribution in [0.25, 0.3) is 11.4 Å². The topological polar surface area (TPSA) is 67.1 Å². The van der Waals surface area contributed by atoms with E-state index in [4.69, 9.17) is 4.52 Å². The van der Waals surface area contributed by atoms with E-state index in [2.05, 4.69) is 41.3 Å². The number of rotatable bonds is 3. The highest BCUT2D eigenvalue weighted by Gasteiger charge is 2.15. The number of pyridine rings is 1. The zero-order chi connectivity index (χ0) is 13.1. The van der Waals surface area contributed by atoms with Crippen LogP contribution in [0.1, 0.15) is 5.89 Å². The second-order valence-electron chi connectivity index (χ2n) is 4.43. The molecule has 0 radical (unpaired) electrons. The van der Waals surface area contributed by atoms with E-state index in [1.165, 1.54) is 0 Å². The Morgan fingerprint density at radius 2 is 2.16 bits per heavy atom. The zero-order valence-electron chi connectivity index (χ0n) is 10.3. The third-order valence-corrected chi connectivity index (χ3v) is 3.43. The predicted molar refractivity (Wildman–Crippen MR) is 73.4 cm³/mol. The zero-order valence-corrected chi connectivity index (χ0v) is 11.9. The first kappa shape index (κ1) is 12.7. The standard InChI is InChI=1S/C12H14BrN5O/c13-10-5-9(6-15-7-10)12-16-11(19-17-12)8-18-3-1-14-2-4-18/h5-7,14H,1-4,8H2. The van der Waals surface area contributed by atoms with Crippen molar-refractivity contribution in [3.8, 4) is 11.4 Å². The predicted octanol–water partition coefficient (Wildman–Crippen LogP) is 1.30. The molecular formula is C12H14BrN5O. The van der Waals surface area contributed by atoms with Crippen molar-refractivity contribution in [2.75, 3.05) is 26.2 Å². The van der Waals surface area contributed by atoms with Crippen LogP contribution >= 0.6 is 15.9 Å². The lowest BCUT2D eigenvalue weighted by atomic mass is 10.3. The molecule has 0 spiro atoms. The number of aromatic nitrogens is 3. The summed E-state index contributed by atoms with van der Waals surface area (Å²) in [7, 11) is 0. The normalized spacial score (nSPS) is 16.7. The molecule has 1 fully saturated rings. The average molecular weight is 324 g/mol. The molecule has 0 unspecified atom stereocenters. The lowest BCUT2D eigenvalue weighted by Gasteiger charge is -2.25. The summed E-state index contributed by atoms with van der Waals surface area (Å²) in [5, 5.41) is 7.32. The van der Waals surface area contributed by atoms with Crippen molar-refractivity contribution in [3.63, 3.8) is 0 Å². The maximum Gasteiger partial charge on any atom is 0.241 e. The van der Waals surface area contributed by atoms with Gasteiger partial charge in [0.2, 0.25) is 11.7 Å². The van der Waals surface area contributed by atoms with Crippen molar-refractivity contribution in [1.82, 2.24) is 25.3 Å². The number of nitrogens with zero attached hydrogens (tertiary/aromatic N) is 4. The van der Waals surface area contributed by atoms with Gasteiger partial charge in [0.25, 0.3) is 0 Å². The highest BCUT2D eigenvalue weighted by atomic mass is 79.9. The van der Waals surface area contributed by atoms with Gasteiger partial charge in [0.1, 0.15) is 0 Å². The van der Waals surface area contributed by atoms with Crippen molar-refractivity contribution in [2.45, 2.75) is 6.54 Å². The van der Waals surface area contributed by atoms with E-state index in [0.29, 0.717) is 18.3 Å². The van der Waals surface area contributed by atoms with E-state index in [1.807, 2.05) is 6.07 Å². The van der Waals surface area contributed by atoms with Gasteiger partial charge in [-0.25, -0.2) is 0 Å². The molecule has 19 heavy (non-hydrogen) atoms. The third kappa shape index (κ3) is 3.17. The molecule has 1 aliphatic heterocycles. The molecular weight excluding hydrogens is 310 g/mol. The Morgan fingerprint density at radius 3 is 2.95 bits per heavy atom. The van der Waals surface area contributed by atoms with Gasteiger partial charge < -0.3 is 9.84 Å². The fraction of sp³-hybridized carbons (Fsp3) is 0.417. The fourth-order valence-electron chi connectivity index (χ4n) is 2.03. The summed E-state index contributed by atoms with van der Waals surface area (Å²) in [4.78, 5) is 10.8. The third-order valence-electron chi connectivity index (χ3n) is 3.00. The highest BCUT2D eigenvalue weighted by molar-refractivity contribution is 9.10. The van der Waals surface area contributed by atoms with Crippen molar-refractivity contribution in [3.05, 3.63) is 28.8 Å². The Labute approximate surface area is 119 Å². The summed E-state index contributed by atoms with van der Waals surface area (Å²) >= 11 is 3.38. The molecule has 2 aromatic heterocycles. The van der Waals surface area contributed by atoms with Gasteiger partial charge >= 0.3 is 0 Å². The second-order valence-corrected chi connectivity index (χ2v) is 5.35. The summed E-state index contributed by atoms with van der Waals surface area (Å²) in [6.45, 7) is 4.75. The summed E-state index contributed by atoms with van der Waals surface area (Å²) in [5.41, 5.74) is 0.852. The van der Waals surface area contributed by atoms with Crippen molar-refractivity contribution >= 4 is 15.9 Å². The average Bonchev–Trinajstić information content (AvgIpc) is 2.88. The second kappa shape index (κ2) is 5.77. The van der Waals surface area contributed by atoms with Crippen LogP contribution in [0.4, 0.5) is 0 Å². The molecule has 100 valence electrons. The van der Waals surface area contributed by atoms with Crippen LogP contribution in [0.5, 0.6) is 0 Å². The molecule has 0 aromatic carbocycles. The summed E-state index contributed by atoms with van der Waals surface area (Å²) in [5.74, 6) is 1.23. The molecule has 0 atom stereocenters. The lowest BCUT2D eigenvalue weighted by Crippen LogP contribution is -2.42. The van der Waals surface area contributed by atoms with Gasteiger partial charge in [-0.1, -0.05) is 5.16 Å². The van der Waals surface area contributed by atoms with E-state index < -0.39 is 0 Å². The monoisotopic (exact) mass is 323 g/mol. The van der Waals surface area contributed by atoms with Crippen molar-refractivity contribution in [2.24, 2.45) is 0 Å². The van der Waals surface area contributed by atoms with Gasteiger partial charge in [-0.2, -0.15) is 4.98 Å². The molecule has 0 aliphatic carbocycles. The van der Waals surface area contributed by atoms with Gasteiger partial charge in [-0.15, -0.1) is 0 Å². The fourth-order valence-corrected chi connectivity index (χ4v) is 2.40. The molecule has 7 heteroatoms. The molecule has 1 saturated heterocycles. The lowest BCUT2D eigenvalue weighted by molar-refractivity contribution is 0.203. The molecule has 1 aliphatic rings. The number of halogens is 1. The van der Waals surface area contributed by atoms with Crippen molar-refractivity contribution in [1.29, 1.82) is 0 Å². The molecule has 0 bridgehead atoms. The van der Waals surface area contributed by atoms with Gasteiger partial charge in [0, 0.05) is 48.6 Å². The summed E-state index contributed by atoms with van der Waals surface area (Å²) in [6, 6.07) is 1.92. The number of nitrogens with one attached hydrogen (secondary N) is 1. The first-order valence-corrected chi connectivity index (χ1v) is 6.97. The first-order valence-electron chi connectivity index (χ1n) is 6.18. The first-order chi connectivity index (χ1) is 9.31. The van der Waals surface area contributed by atoms with E-state index in [-0.39, 0.29) is 0 Å². The van der Waals surface area contributed by atoms with Crippen LogP contribution in [0.15, 0.2) is 27.5 Å². The Bertz CT molecular complexity index is 553. The smallest absolute Gasteiger partial charge is 0.241 e. The maximum atomic E-state index is 5.30.